The predicted molar refractivity (Wildman–Crippen MR) is 89.7 cm³/mol. The molecule has 2 heterocycles. The summed E-state index contributed by atoms with van der Waals surface area (Å²) in [7, 11) is 0. The molecule has 7 nitrogen and oxygen atoms in total. The molecule has 128 valence electrons. The van der Waals surface area contributed by atoms with Gasteiger partial charge >= 0.3 is 5.69 Å². The molecule has 0 saturated carbocycles. The Labute approximate surface area is 148 Å². The van der Waals surface area contributed by atoms with Crippen molar-refractivity contribution < 1.29 is 9.53 Å². The Morgan fingerprint density at radius 3 is 2.71 bits per heavy atom. The third-order valence-corrected chi connectivity index (χ3v) is 4.56. The van der Waals surface area contributed by atoms with E-state index in [2.05, 4.69) is 10.2 Å². The van der Waals surface area contributed by atoms with E-state index in [4.69, 9.17) is 27.9 Å². The minimum absolute atomic E-state index is 0.0620. The van der Waals surface area contributed by atoms with Crippen LogP contribution in [0.5, 0.6) is 5.75 Å². The van der Waals surface area contributed by atoms with Crippen molar-refractivity contribution in [1.82, 2.24) is 19.7 Å². The molecule has 0 bridgehead atoms. The van der Waals surface area contributed by atoms with Gasteiger partial charge in [0.1, 0.15) is 12.1 Å². The summed E-state index contributed by atoms with van der Waals surface area (Å²) in [5.74, 6) is 0.313. The topological polar surface area (TPSA) is 80.2 Å². The van der Waals surface area contributed by atoms with Crippen molar-refractivity contribution in [2.24, 2.45) is 0 Å². The second-order valence-electron chi connectivity index (χ2n) is 5.54. The Morgan fingerprint density at radius 1 is 1.33 bits per heavy atom. The lowest BCUT2D eigenvalue weighted by Gasteiger charge is -2.32. The summed E-state index contributed by atoms with van der Waals surface area (Å²) in [6, 6.07) is 4.92. The first-order valence-corrected chi connectivity index (χ1v) is 8.27. The van der Waals surface area contributed by atoms with Crippen molar-refractivity contribution >= 4 is 29.1 Å². The Hall–Kier alpha value is -1.99. The minimum Gasteiger partial charge on any atom is -0.482 e. The summed E-state index contributed by atoms with van der Waals surface area (Å²) in [6.07, 6.45) is 2.90. The van der Waals surface area contributed by atoms with Gasteiger partial charge in [0, 0.05) is 24.2 Å². The molecule has 1 amide bonds. The average molecular weight is 371 g/mol. The predicted octanol–water partition coefficient (Wildman–Crippen LogP) is 2.12. The number of hydrogen-bond donors (Lipinski definition) is 1. The van der Waals surface area contributed by atoms with Crippen molar-refractivity contribution in [1.29, 1.82) is 0 Å². The first-order valence-electron chi connectivity index (χ1n) is 7.51. The number of nitrogens with one attached hydrogen (secondary N) is 1. The molecule has 24 heavy (non-hydrogen) atoms. The largest absolute Gasteiger partial charge is 0.482 e. The van der Waals surface area contributed by atoms with Crippen molar-refractivity contribution in [3.63, 3.8) is 0 Å². The van der Waals surface area contributed by atoms with Crippen molar-refractivity contribution in [3.05, 3.63) is 45.1 Å². The molecule has 1 N–H and O–H groups in total. The Kier molecular flexibility index (Phi) is 5.11. The van der Waals surface area contributed by atoms with Crippen molar-refractivity contribution in [2.75, 3.05) is 19.7 Å². The molecule has 3 rings (SSSR count). The molecule has 1 aromatic heterocycles. The molecule has 1 aromatic carbocycles. The molecule has 0 radical (unpaired) electrons. The molecular weight excluding hydrogens is 355 g/mol. The summed E-state index contributed by atoms with van der Waals surface area (Å²) >= 11 is 11.8. The quantitative estimate of drug-likeness (QED) is 0.893. The van der Waals surface area contributed by atoms with Gasteiger partial charge in [-0.2, -0.15) is 5.10 Å². The summed E-state index contributed by atoms with van der Waals surface area (Å²) in [5, 5.41) is 6.99. The van der Waals surface area contributed by atoms with Crippen LogP contribution >= 0.6 is 23.2 Å². The number of likely N-dealkylation sites (tertiary alicyclic amines) is 1. The zero-order valence-corrected chi connectivity index (χ0v) is 14.3. The van der Waals surface area contributed by atoms with Crippen molar-refractivity contribution in [3.8, 4) is 5.75 Å². The number of benzene rings is 1. The fourth-order valence-electron chi connectivity index (χ4n) is 2.73. The normalized spacial score (nSPS) is 15.5. The van der Waals surface area contributed by atoms with Gasteiger partial charge in [0.05, 0.1) is 5.02 Å². The molecule has 0 spiro atoms. The van der Waals surface area contributed by atoms with Crippen LogP contribution in [0.25, 0.3) is 0 Å². The number of halogens is 2. The summed E-state index contributed by atoms with van der Waals surface area (Å²) < 4.78 is 7.05. The highest BCUT2D eigenvalue weighted by atomic mass is 35.5. The van der Waals surface area contributed by atoms with Crippen LogP contribution in [0.2, 0.25) is 10.0 Å². The highest BCUT2D eigenvalue weighted by molar-refractivity contribution is 6.35. The summed E-state index contributed by atoms with van der Waals surface area (Å²) in [6.45, 7) is 1.05. The zero-order valence-electron chi connectivity index (χ0n) is 12.7. The van der Waals surface area contributed by atoms with Crippen LogP contribution in [-0.2, 0) is 4.79 Å². The number of rotatable bonds is 4. The number of piperidine rings is 1. The maximum Gasteiger partial charge on any atom is 0.343 e. The number of H-pyrrole nitrogens is 1. The SMILES string of the molecule is O=C(COc1ccc(Cl)cc1Cl)N1CCC(n2cn[nH]c2=O)CC1. The third kappa shape index (κ3) is 3.73. The van der Waals surface area contributed by atoms with E-state index in [0.717, 1.165) is 0 Å². The van der Waals surface area contributed by atoms with E-state index in [1.165, 1.54) is 6.33 Å². The second kappa shape index (κ2) is 7.27. The number of nitrogens with zero attached hydrogens (tertiary/aromatic N) is 3. The van der Waals surface area contributed by atoms with E-state index in [9.17, 15) is 9.59 Å². The number of hydrogen-bond acceptors (Lipinski definition) is 4. The molecule has 1 fully saturated rings. The first-order chi connectivity index (χ1) is 11.5. The van der Waals surface area contributed by atoms with E-state index in [1.807, 2.05) is 0 Å². The number of aromatic amines is 1. The van der Waals surface area contributed by atoms with Crippen LogP contribution < -0.4 is 10.4 Å². The van der Waals surface area contributed by atoms with Gasteiger partial charge < -0.3 is 9.64 Å². The lowest BCUT2D eigenvalue weighted by Crippen LogP contribution is -2.42. The highest BCUT2D eigenvalue weighted by Gasteiger charge is 2.25. The van der Waals surface area contributed by atoms with Gasteiger partial charge in [-0.05, 0) is 31.0 Å². The molecule has 0 aliphatic carbocycles. The van der Waals surface area contributed by atoms with E-state index in [-0.39, 0.29) is 24.2 Å². The molecule has 9 heteroatoms. The van der Waals surface area contributed by atoms with E-state index in [0.29, 0.717) is 41.7 Å². The number of ether oxygens (including phenoxy) is 1. The van der Waals surface area contributed by atoms with Crippen LogP contribution in [0.4, 0.5) is 0 Å². The molecular formula is C15H16Cl2N4O3. The lowest BCUT2D eigenvalue weighted by molar-refractivity contribution is -0.134. The Balaban J connectivity index is 1.52. The lowest BCUT2D eigenvalue weighted by atomic mass is 10.1. The zero-order chi connectivity index (χ0) is 17.1. The van der Waals surface area contributed by atoms with E-state index in [1.54, 1.807) is 27.7 Å². The number of carbonyl (C=O) groups excluding carboxylic acids is 1. The van der Waals surface area contributed by atoms with Gasteiger partial charge in [-0.1, -0.05) is 23.2 Å². The Morgan fingerprint density at radius 2 is 2.08 bits per heavy atom. The number of amides is 1. The second-order valence-corrected chi connectivity index (χ2v) is 6.39. The standard InChI is InChI=1S/C15H16Cl2N4O3/c16-10-1-2-13(12(17)7-10)24-8-14(22)20-5-3-11(4-6-20)21-9-18-19-15(21)23/h1-2,7,9,11H,3-6,8H2,(H,19,23). The molecule has 2 aromatic rings. The van der Waals surface area contributed by atoms with Gasteiger partial charge in [-0.25, -0.2) is 9.89 Å². The molecule has 1 saturated heterocycles. The summed E-state index contributed by atoms with van der Waals surface area (Å²) in [4.78, 5) is 25.6. The van der Waals surface area contributed by atoms with E-state index >= 15 is 0 Å². The van der Waals surface area contributed by atoms with Gasteiger partial charge in [0.25, 0.3) is 5.91 Å². The summed E-state index contributed by atoms with van der Waals surface area (Å²) in [5.41, 5.74) is -0.222. The van der Waals surface area contributed by atoms with Gasteiger partial charge in [-0.15, -0.1) is 0 Å². The first kappa shape index (κ1) is 16.9. The van der Waals surface area contributed by atoms with Crippen molar-refractivity contribution in [2.45, 2.75) is 18.9 Å². The number of carbonyl (C=O) groups is 1. The third-order valence-electron chi connectivity index (χ3n) is 4.03. The van der Waals surface area contributed by atoms with Crippen LogP contribution in [0.1, 0.15) is 18.9 Å². The highest BCUT2D eigenvalue weighted by Crippen LogP contribution is 2.27. The molecule has 0 atom stereocenters. The molecule has 1 aliphatic heterocycles. The fraction of sp³-hybridized carbons (Fsp3) is 0.400. The van der Waals surface area contributed by atoms with Crippen LogP contribution in [0.3, 0.4) is 0 Å². The number of aromatic nitrogens is 3. The fourth-order valence-corrected chi connectivity index (χ4v) is 3.20. The minimum atomic E-state index is -0.222. The van der Waals surface area contributed by atoms with Crippen LogP contribution in [-0.4, -0.2) is 45.3 Å². The monoisotopic (exact) mass is 370 g/mol. The van der Waals surface area contributed by atoms with Gasteiger partial charge in [0.15, 0.2) is 6.61 Å². The van der Waals surface area contributed by atoms with Crippen LogP contribution in [0.15, 0.2) is 29.3 Å². The van der Waals surface area contributed by atoms with Gasteiger partial charge in [-0.3, -0.25) is 9.36 Å². The maximum absolute atomic E-state index is 12.3. The van der Waals surface area contributed by atoms with Crippen LogP contribution in [0, 0.1) is 0 Å². The van der Waals surface area contributed by atoms with E-state index < -0.39 is 0 Å². The van der Waals surface area contributed by atoms with Gasteiger partial charge in [0.2, 0.25) is 0 Å². The smallest absolute Gasteiger partial charge is 0.343 e. The maximum atomic E-state index is 12.3. The molecule has 0 unspecified atom stereocenters. The molecule has 1 aliphatic rings. The Bertz CT molecular complexity index is 781. The average Bonchev–Trinajstić information content (AvgIpc) is 3.00.